The summed E-state index contributed by atoms with van der Waals surface area (Å²) in [6, 6.07) is 18.9. The van der Waals surface area contributed by atoms with E-state index in [0.29, 0.717) is 0 Å². The summed E-state index contributed by atoms with van der Waals surface area (Å²) in [5, 5.41) is 12.2. The largest absolute Gasteiger partial charge is 0.480 e. The molecule has 1 fully saturated rings. The average molecular weight is 354 g/mol. The highest BCUT2D eigenvalue weighted by molar-refractivity contribution is 6.31. The first-order valence-corrected chi connectivity index (χ1v) is 8.28. The molecule has 4 rings (SSSR count). The Morgan fingerprint density at radius 2 is 1.56 bits per heavy atom. The van der Waals surface area contributed by atoms with Crippen LogP contribution in [0.4, 0.5) is 0 Å². The highest BCUT2D eigenvalue weighted by Crippen LogP contribution is 2.28. The van der Waals surface area contributed by atoms with Crippen molar-refractivity contribution in [3.05, 3.63) is 71.2 Å². The van der Waals surface area contributed by atoms with Gasteiger partial charge < -0.3 is 5.11 Å². The number of nitrogens with one attached hydrogen (secondary N) is 3. The van der Waals surface area contributed by atoms with Gasteiger partial charge in [0.25, 0.3) is 0 Å². The molecule has 0 aromatic heterocycles. The van der Waals surface area contributed by atoms with Crippen molar-refractivity contribution in [2.45, 2.75) is 12.1 Å². The molecule has 1 heterocycles. The van der Waals surface area contributed by atoms with Crippen molar-refractivity contribution < 1.29 is 9.90 Å². The van der Waals surface area contributed by atoms with Crippen molar-refractivity contribution in [3.63, 3.8) is 0 Å². The lowest BCUT2D eigenvalue weighted by molar-refractivity contribution is -0.139. The molecule has 5 nitrogen and oxygen atoms in total. The van der Waals surface area contributed by atoms with Crippen LogP contribution in [0.25, 0.3) is 21.9 Å². The number of aliphatic carboxylic acids is 1. The molecular weight excluding hydrogens is 338 g/mol. The van der Waals surface area contributed by atoms with Crippen LogP contribution >= 0.6 is 11.6 Å². The minimum Gasteiger partial charge on any atom is -0.480 e. The van der Waals surface area contributed by atoms with Gasteiger partial charge in [-0.05, 0) is 45.7 Å². The zero-order chi connectivity index (χ0) is 17.4. The lowest BCUT2D eigenvalue weighted by Gasteiger charge is -2.15. The Morgan fingerprint density at radius 1 is 0.880 bits per heavy atom. The van der Waals surface area contributed by atoms with E-state index >= 15 is 0 Å². The lowest BCUT2D eigenvalue weighted by Crippen LogP contribution is -2.38. The molecular formula is C19H16ClN3O2. The van der Waals surface area contributed by atoms with Crippen LogP contribution in [-0.2, 0) is 4.79 Å². The first kappa shape index (κ1) is 16.1. The number of benzene rings is 3. The van der Waals surface area contributed by atoms with Crippen molar-refractivity contribution >= 4 is 28.3 Å². The van der Waals surface area contributed by atoms with Crippen molar-refractivity contribution in [2.75, 3.05) is 0 Å². The molecule has 0 bridgehead atoms. The Morgan fingerprint density at radius 3 is 2.32 bits per heavy atom. The van der Waals surface area contributed by atoms with Gasteiger partial charge in [0.15, 0.2) is 0 Å². The first-order chi connectivity index (χ1) is 12.1. The van der Waals surface area contributed by atoms with Crippen LogP contribution in [0.1, 0.15) is 11.6 Å². The van der Waals surface area contributed by atoms with Gasteiger partial charge in [0.2, 0.25) is 0 Å². The van der Waals surface area contributed by atoms with Crippen LogP contribution < -0.4 is 16.4 Å². The van der Waals surface area contributed by atoms with E-state index in [2.05, 4.69) is 34.6 Å². The van der Waals surface area contributed by atoms with E-state index in [0.717, 1.165) is 32.5 Å². The second-order valence-corrected chi connectivity index (χ2v) is 6.47. The number of hydrazine groups is 2. The molecule has 3 aromatic rings. The van der Waals surface area contributed by atoms with Crippen LogP contribution in [0.5, 0.6) is 0 Å². The molecule has 1 saturated heterocycles. The molecule has 6 heteroatoms. The number of halogens is 1. The Balaban J connectivity index is 1.64. The van der Waals surface area contributed by atoms with Crippen LogP contribution in [0.15, 0.2) is 60.7 Å². The van der Waals surface area contributed by atoms with Gasteiger partial charge in [-0.1, -0.05) is 54.1 Å². The van der Waals surface area contributed by atoms with Gasteiger partial charge in [0.1, 0.15) is 6.04 Å². The van der Waals surface area contributed by atoms with Crippen molar-refractivity contribution in [1.82, 2.24) is 16.4 Å². The molecule has 0 aliphatic carbocycles. The summed E-state index contributed by atoms with van der Waals surface area (Å²) < 4.78 is 0. The Hall–Kier alpha value is -2.44. The van der Waals surface area contributed by atoms with E-state index in [1.54, 1.807) is 0 Å². The fourth-order valence-electron chi connectivity index (χ4n) is 3.12. The highest BCUT2D eigenvalue weighted by Gasteiger charge is 2.33. The van der Waals surface area contributed by atoms with E-state index in [9.17, 15) is 9.90 Å². The maximum Gasteiger partial charge on any atom is 0.324 e. The molecule has 1 aliphatic heterocycles. The van der Waals surface area contributed by atoms with Crippen LogP contribution in [0.2, 0.25) is 5.02 Å². The van der Waals surface area contributed by atoms with Gasteiger partial charge >= 0.3 is 5.97 Å². The fraction of sp³-hybridized carbons (Fsp3) is 0.105. The third-order valence-corrected chi connectivity index (χ3v) is 4.70. The van der Waals surface area contributed by atoms with Gasteiger partial charge in [-0.15, -0.1) is 0 Å². The van der Waals surface area contributed by atoms with Crippen LogP contribution in [0, 0.1) is 0 Å². The summed E-state index contributed by atoms with van der Waals surface area (Å²) >= 11 is 6.03. The second kappa shape index (κ2) is 6.46. The maximum absolute atomic E-state index is 11.3. The normalized spacial score (nSPS) is 20.0. The zero-order valence-corrected chi connectivity index (χ0v) is 13.9. The van der Waals surface area contributed by atoms with Crippen molar-refractivity contribution in [3.8, 4) is 11.1 Å². The molecule has 4 N–H and O–H groups in total. The number of hydrogen-bond acceptors (Lipinski definition) is 4. The van der Waals surface area contributed by atoms with Gasteiger partial charge in [0, 0.05) is 5.02 Å². The SMILES string of the molecule is O=C(O)C1NNNC1c1ccc(-c2ccc3cc(Cl)ccc3c2)cc1. The molecule has 0 radical (unpaired) electrons. The third-order valence-electron chi connectivity index (χ3n) is 4.46. The molecule has 3 aromatic carbocycles. The summed E-state index contributed by atoms with van der Waals surface area (Å²) in [5.41, 5.74) is 11.4. The Kier molecular flexibility index (Phi) is 4.15. The third kappa shape index (κ3) is 3.10. The number of rotatable bonds is 3. The second-order valence-electron chi connectivity index (χ2n) is 6.04. The van der Waals surface area contributed by atoms with Crippen molar-refractivity contribution in [1.29, 1.82) is 0 Å². The van der Waals surface area contributed by atoms with E-state index in [-0.39, 0.29) is 6.04 Å². The van der Waals surface area contributed by atoms with Gasteiger partial charge in [-0.2, -0.15) is 5.53 Å². The number of carboxylic acid groups (broad SMARTS) is 1. The standard InChI is InChI=1S/C19H16ClN3O2/c20-16-8-7-14-9-13(5-6-15(14)10-16)11-1-3-12(4-2-11)17-18(19(24)25)22-23-21-17/h1-10,17-18,21-23H,(H,24,25). The molecule has 1 aliphatic rings. The predicted octanol–water partition coefficient (Wildman–Crippen LogP) is 3.27. The number of fused-ring (bicyclic) bond motifs is 1. The van der Waals surface area contributed by atoms with Crippen LogP contribution in [-0.4, -0.2) is 17.1 Å². The summed E-state index contributed by atoms with van der Waals surface area (Å²) in [6.45, 7) is 0. The number of hydrogen-bond donors (Lipinski definition) is 4. The smallest absolute Gasteiger partial charge is 0.324 e. The lowest BCUT2D eigenvalue weighted by atomic mass is 9.96. The number of carboxylic acids is 1. The summed E-state index contributed by atoms with van der Waals surface area (Å²) in [4.78, 5) is 11.3. The first-order valence-electron chi connectivity index (χ1n) is 7.90. The fourth-order valence-corrected chi connectivity index (χ4v) is 3.30. The minimum atomic E-state index is -0.903. The molecule has 0 amide bonds. The quantitative estimate of drug-likeness (QED) is 0.581. The summed E-state index contributed by atoms with van der Waals surface area (Å²) in [7, 11) is 0. The summed E-state index contributed by atoms with van der Waals surface area (Å²) in [6.07, 6.45) is 0. The van der Waals surface area contributed by atoms with Crippen molar-refractivity contribution in [2.24, 2.45) is 0 Å². The minimum absolute atomic E-state index is 0.328. The molecule has 126 valence electrons. The highest BCUT2D eigenvalue weighted by atomic mass is 35.5. The van der Waals surface area contributed by atoms with E-state index in [1.165, 1.54) is 0 Å². The van der Waals surface area contributed by atoms with Gasteiger partial charge in [-0.25, -0.2) is 10.9 Å². The topological polar surface area (TPSA) is 73.4 Å². The summed E-state index contributed by atoms with van der Waals surface area (Å²) in [5.74, 6) is -0.903. The molecule has 0 saturated carbocycles. The Labute approximate surface area is 149 Å². The zero-order valence-electron chi connectivity index (χ0n) is 13.2. The molecule has 25 heavy (non-hydrogen) atoms. The molecule has 0 spiro atoms. The predicted molar refractivity (Wildman–Crippen MR) is 98.0 cm³/mol. The molecule has 2 unspecified atom stereocenters. The van der Waals surface area contributed by atoms with E-state index < -0.39 is 12.0 Å². The van der Waals surface area contributed by atoms with E-state index in [1.807, 2.05) is 42.5 Å². The van der Waals surface area contributed by atoms with Gasteiger partial charge in [-0.3, -0.25) is 4.79 Å². The van der Waals surface area contributed by atoms with Gasteiger partial charge in [0.05, 0.1) is 6.04 Å². The van der Waals surface area contributed by atoms with E-state index in [4.69, 9.17) is 11.6 Å². The monoisotopic (exact) mass is 353 g/mol. The molecule has 2 atom stereocenters. The number of carbonyl (C=O) groups is 1. The Bertz CT molecular complexity index is 943. The maximum atomic E-state index is 11.3. The average Bonchev–Trinajstić information content (AvgIpc) is 3.11. The van der Waals surface area contributed by atoms with Crippen LogP contribution in [0.3, 0.4) is 0 Å².